The van der Waals surface area contributed by atoms with Crippen LogP contribution in [0.5, 0.6) is 5.75 Å². The number of carbonyl (C=O) groups is 1. The van der Waals surface area contributed by atoms with Crippen molar-refractivity contribution >= 4 is 17.6 Å². The van der Waals surface area contributed by atoms with Crippen molar-refractivity contribution in [3.8, 4) is 5.75 Å². The van der Waals surface area contributed by atoms with Gasteiger partial charge in [-0.3, -0.25) is 4.79 Å². The summed E-state index contributed by atoms with van der Waals surface area (Å²) in [6.45, 7) is 5.95. The summed E-state index contributed by atoms with van der Waals surface area (Å²) in [5, 5.41) is 0.671. The molecule has 17 heavy (non-hydrogen) atoms. The highest BCUT2D eigenvalue weighted by Gasteiger charge is 2.16. The molecule has 1 aromatic carbocycles. The number of hydrogen-bond acceptors (Lipinski definition) is 3. The minimum atomic E-state index is -0.270. The zero-order valence-electron chi connectivity index (χ0n) is 10.6. The lowest BCUT2D eigenvalue weighted by atomic mass is 10.0. The molecule has 0 aliphatic heterocycles. The molecule has 0 saturated heterocycles. The Balaban J connectivity index is 3.13. The molecule has 0 fully saturated rings. The van der Waals surface area contributed by atoms with Crippen LogP contribution < -0.4 is 4.74 Å². The van der Waals surface area contributed by atoms with E-state index in [4.69, 9.17) is 21.1 Å². The van der Waals surface area contributed by atoms with Gasteiger partial charge in [0.2, 0.25) is 0 Å². The highest BCUT2D eigenvalue weighted by Crippen LogP contribution is 2.31. The predicted octanol–water partition coefficient (Wildman–Crippen LogP) is 3.07. The number of aryl methyl sites for hydroxylation is 1. The van der Waals surface area contributed by atoms with Crippen molar-refractivity contribution in [3.63, 3.8) is 0 Å². The molecule has 1 rings (SSSR count). The Morgan fingerprint density at radius 1 is 1.41 bits per heavy atom. The quantitative estimate of drug-likeness (QED) is 0.777. The van der Waals surface area contributed by atoms with Crippen molar-refractivity contribution < 1.29 is 14.3 Å². The lowest BCUT2D eigenvalue weighted by molar-refractivity contribution is -0.142. The molecule has 0 aliphatic rings. The molecule has 94 valence electrons. The minimum Gasteiger partial charge on any atom is -0.496 e. The molecule has 0 aliphatic carbocycles. The monoisotopic (exact) mass is 256 g/mol. The first-order chi connectivity index (χ1) is 8.01. The molecular formula is C13H17ClO3. The highest BCUT2D eigenvalue weighted by atomic mass is 35.5. The Kier molecular flexibility index (Phi) is 4.82. The first-order valence-corrected chi connectivity index (χ1v) is 5.87. The van der Waals surface area contributed by atoms with E-state index < -0.39 is 0 Å². The van der Waals surface area contributed by atoms with E-state index in [1.165, 1.54) is 0 Å². The first-order valence-electron chi connectivity index (χ1n) is 5.49. The van der Waals surface area contributed by atoms with Crippen LogP contribution in [0.3, 0.4) is 0 Å². The molecule has 0 heterocycles. The molecule has 0 unspecified atom stereocenters. The van der Waals surface area contributed by atoms with Crippen LogP contribution in [-0.2, 0) is 16.0 Å². The van der Waals surface area contributed by atoms with Gasteiger partial charge in [0.1, 0.15) is 5.75 Å². The number of halogens is 1. The van der Waals surface area contributed by atoms with Gasteiger partial charge in [-0.2, -0.15) is 0 Å². The first kappa shape index (κ1) is 13.8. The van der Waals surface area contributed by atoms with E-state index in [1.54, 1.807) is 14.0 Å². The fourth-order valence-electron chi connectivity index (χ4n) is 1.72. The fraction of sp³-hybridized carbons (Fsp3) is 0.462. The Morgan fingerprint density at radius 2 is 2.06 bits per heavy atom. The Bertz CT molecular complexity index is 427. The predicted molar refractivity (Wildman–Crippen MR) is 67.8 cm³/mol. The van der Waals surface area contributed by atoms with Crippen molar-refractivity contribution in [3.05, 3.63) is 27.8 Å². The number of carbonyl (C=O) groups excluding carboxylic acids is 1. The van der Waals surface area contributed by atoms with E-state index in [0.29, 0.717) is 17.4 Å². The smallest absolute Gasteiger partial charge is 0.310 e. The van der Waals surface area contributed by atoms with E-state index in [-0.39, 0.29) is 12.4 Å². The second-order valence-electron chi connectivity index (χ2n) is 3.80. The molecular weight excluding hydrogens is 240 g/mol. The molecule has 0 spiro atoms. The average molecular weight is 257 g/mol. The van der Waals surface area contributed by atoms with Crippen molar-refractivity contribution in [2.75, 3.05) is 13.7 Å². The molecule has 0 atom stereocenters. The number of hydrogen-bond donors (Lipinski definition) is 0. The van der Waals surface area contributed by atoms with Crippen LogP contribution >= 0.6 is 11.6 Å². The van der Waals surface area contributed by atoms with Gasteiger partial charge < -0.3 is 9.47 Å². The maximum atomic E-state index is 11.5. The van der Waals surface area contributed by atoms with Gasteiger partial charge in [-0.1, -0.05) is 11.6 Å². The summed E-state index contributed by atoms with van der Waals surface area (Å²) in [6, 6.07) is 1.84. The van der Waals surface area contributed by atoms with Gasteiger partial charge in [-0.25, -0.2) is 0 Å². The van der Waals surface area contributed by atoms with Crippen molar-refractivity contribution in [1.29, 1.82) is 0 Å². The van der Waals surface area contributed by atoms with Crippen molar-refractivity contribution in [2.45, 2.75) is 27.2 Å². The summed E-state index contributed by atoms with van der Waals surface area (Å²) in [5.74, 6) is 0.409. The average Bonchev–Trinajstić information content (AvgIpc) is 2.30. The normalized spacial score (nSPS) is 10.2. The van der Waals surface area contributed by atoms with E-state index in [9.17, 15) is 4.79 Å². The van der Waals surface area contributed by atoms with Gasteiger partial charge in [-0.15, -0.1) is 0 Å². The zero-order chi connectivity index (χ0) is 13.0. The van der Waals surface area contributed by atoms with Crippen LogP contribution in [0.1, 0.15) is 23.6 Å². The van der Waals surface area contributed by atoms with Crippen LogP contribution in [0, 0.1) is 13.8 Å². The van der Waals surface area contributed by atoms with E-state index >= 15 is 0 Å². The van der Waals surface area contributed by atoms with Gasteiger partial charge in [0, 0.05) is 10.6 Å². The van der Waals surface area contributed by atoms with Gasteiger partial charge in [0.15, 0.2) is 0 Å². The van der Waals surface area contributed by atoms with E-state index in [2.05, 4.69) is 0 Å². The van der Waals surface area contributed by atoms with Gasteiger partial charge >= 0.3 is 5.97 Å². The third-order valence-corrected chi connectivity index (χ3v) is 3.20. The molecule has 3 nitrogen and oxygen atoms in total. The van der Waals surface area contributed by atoms with Crippen LogP contribution in [-0.4, -0.2) is 19.7 Å². The molecule has 0 aromatic heterocycles. The zero-order valence-corrected chi connectivity index (χ0v) is 11.4. The minimum absolute atomic E-state index is 0.183. The number of esters is 1. The number of methoxy groups -OCH3 is 1. The maximum absolute atomic E-state index is 11.5. The summed E-state index contributed by atoms with van der Waals surface area (Å²) in [6.07, 6.45) is 0.183. The lowest BCUT2D eigenvalue weighted by Gasteiger charge is -2.14. The summed E-state index contributed by atoms with van der Waals surface area (Å²) in [7, 11) is 1.58. The topological polar surface area (TPSA) is 35.5 Å². The second-order valence-corrected chi connectivity index (χ2v) is 4.17. The van der Waals surface area contributed by atoms with Gasteiger partial charge in [-0.05, 0) is 38.0 Å². The van der Waals surface area contributed by atoms with Gasteiger partial charge in [0.25, 0.3) is 0 Å². The maximum Gasteiger partial charge on any atom is 0.310 e. The van der Waals surface area contributed by atoms with Crippen LogP contribution in [0.25, 0.3) is 0 Å². The standard InChI is InChI=1S/C13H17ClO3/c1-5-17-12(15)7-10-9(3)13(14)8(2)6-11(10)16-4/h6H,5,7H2,1-4H3. The van der Waals surface area contributed by atoms with Crippen LogP contribution in [0.2, 0.25) is 5.02 Å². The highest BCUT2D eigenvalue weighted by molar-refractivity contribution is 6.32. The summed E-state index contributed by atoms with van der Waals surface area (Å²) in [4.78, 5) is 11.5. The Hall–Kier alpha value is -1.22. The Morgan fingerprint density at radius 3 is 2.59 bits per heavy atom. The van der Waals surface area contributed by atoms with E-state index in [0.717, 1.165) is 16.7 Å². The van der Waals surface area contributed by atoms with Crippen molar-refractivity contribution in [1.82, 2.24) is 0 Å². The number of rotatable bonds is 4. The van der Waals surface area contributed by atoms with Gasteiger partial charge in [0.05, 0.1) is 20.1 Å². The van der Waals surface area contributed by atoms with Crippen molar-refractivity contribution in [2.24, 2.45) is 0 Å². The third-order valence-electron chi connectivity index (χ3n) is 2.62. The molecule has 0 saturated carbocycles. The molecule has 0 amide bonds. The Labute approximate surface area is 107 Å². The fourth-order valence-corrected chi connectivity index (χ4v) is 1.89. The summed E-state index contributed by atoms with van der Waals surface area (Å²) in [5.41, 5.74) is 2.60. The van der Waals surface area contributed by atoms with Crippen LogP contribution in [0.15, 0.2) is 6.07 Å². The molecule has 1 aromatic rings. The molecule has 0 N–H and O–H groups in total. The summed E-state index contributed by atoms with van der Waals surface area (Å²) < 4.78 is 10.2. The lowest BCUT2D eigenvalue weighted by Crippen LogP contribution is -2.10. The molecule has 0 bridgehead atoms. The molecule has 4 heteroatoms. The SMILES string of the molecule is CCOC(=O)Cc1c(OC)cc(C)c(Cl)c1C. The van der Waals surface area contributed by atoms with E-state index in [1.807, 2.05) is 19.9 Å². The second kappa shape index (κ2) is 5.92. The number of benzene rings is 1. The number of ether oxygens (including phenoxy) is 2. The van der Waals surface area contributed by atoms with Crippen LogP contribution in [0.4, 0.5) is 0 Å². The third kappa shape index (κ3) is 3.13. The largest absolute Gasteiger partial charge is 0.496 e. The molecule has 0 radical (unpaired) electrons. The summed E-state index contributed by atoms with van der Waals surface area (Å²) >= 11 is 6.16.